The van der Waals surface area contributed by atoms with E-state index in [4.69, 9.17) is 0 Å². The summed E-state index contributed by atoms with van der Waals surface area (Å²) in [6.45, 7) is 4.03. The third-order valence-corrected chi connectivity index (χ3v) is 5.94. The zero-order valence-electron chi connectivity index (χ0n) is 18.5. The smallest absolute Gasteiger partial charge is 0.369 e. The van der Waals surface area contributed by atoms with Crippen molar-refractivity contribution >= 4 is 11.6 Å². The van der Waals surface area contributed by atoms with Crippen LogP contribution in [0.4, 0.5) is 23.2 Å². The molecule has 8 heteroatoms. The quantitative estimate of drug-likeness (QED) is 0.509. The molecule has 3 aromatic rings. The molecule has 0 atom stereocenters. The van der Waals surface area contributed by atoms with Gasteiger partial charge in [-0.25, -0.2) is 4.39 Å². The number of benzene rings is 3. The van der Waals surface area contributed by atoms with Crippen LogP contribution in [0, 0.1) is 5.82 Å². The molecule has 0 saturated carbocycles. The predicted molar refractivity (Wildman–Crippen MR) is 123 cm³/mol. The number of hydrogen-bond acceptors (Lipinski definition) is 3. The highest BCUT2D eigenvalue weighted by atomic mass is 19.4. The van der Waals surface area contributed by atoms with Crippen molar-refractivity contribution in [3.63, 3.8) is 0 Å². The number of para-hydroxylation sites is 1. The molecule has 1 N–H and O–H groups in total. The Morgan fingerprint density at radius 2 is 1.50 bits per heavy atom. The van der Waals surface area contributed by atoms with Crippen molar-refractivity contribution in [1.29, 1.82) is 0 Å². The van der Waals surface area contributed by atoms with Crippen molar-refractivity contribution in [2.75, 3.05) is 31.1 Å². The van der Waals surface area contributed by atoms with Gasteiger partial charge >= 0.3 is 6.18 Å². The monoisotopic (exact) mass is 471 g/mol. The summed E-state index contributed by atoms with van der Waals surface area (Å²) in [6, 6.07) is 18.9. The fourth-order valence-electron chi connectivity index (χ4n) is 4.16. The molecule has 1 aliphatic rings. The lowest BCUT2D eigenvalue weighted by molar-refractivity contribution is -0.137. The van der Waals surface area contributed by atoms with Gasteiger partial charge in [0, 0.05) is 45.0 Å². The Hall–Kier alpha value is -3.39. The van der Waals surface area contributed by atoms with E-state index < -0.39 is 17.6 Å². The number of amides is 1. The average Bonchev–Trinajstić information content (AvgIpc) is 2.84. The Morgan fingerprint density at radius 3 is 2.21 bits per heavy atom. The van der Waals surface area contributed by atoms with E-state index in [2.05, 4.69) is 15.1 Å². The van der Waals surface area contributed by atoms with Crippen LogP contribution in [0.2, 0.25) is 0 Å². The molecule has 1 amide bonds. The summed E-state index contributed by atoms with van der Waals surface area (Å²) >= 11 is 0. The number of alkyl halides is 3. The van der Waals surface area contributed by atoms with Gasteiger partial charge in [0.25, 0.3) is 5.91 Å². The maximum atomic E-state index is 13.3. The summed E-state index contributed by atoms with van der Waals surface area (Å²) in [5.74, 6) is -1.01. The van der Waals surface area contributed by atoms with Gasteiger partial charge in [0.2, 0.25) is 0 Å². The number of carbonyl (C=O) groups is 1. The van der Waals surface area contributed by atoms with Crippen molar-refractivity contribution in [3.8, 4) is 0 Å². The van der Waals surface area contributed by atoms with E-state index in [1.807, 2.05) is 24.3 Å². The first-order chi connectivity index (χ1) is 16.3. The van der Waals surface area contributed by atoms with E-state index in [9.17, 15) is 22.4 Å². The number of nitrogens with one attached hydrogen (secondary N) is 1. The Balaban J connectivity index is 1.38. The number of carbonyl (C=O) groups excluding carboxylic acids is 1. The average molecular weight is 471 g/mol. The maximum Gasteiger partial charge on any atom is 0.417 e. The van der Waals surface area contributed by atoms with Crippen LogP contribution in [-0.2, 0) is 19.3 Å². The van der Waals surface area contributed by atoms with E-state index in [-0.39, 0.29) is 17.9 Å². The number of rotatable bonds is 6. The molecule has 1 heterocycles. The Kier molecular flexibility index (Phi) is 7.17. The lowest BCUT2D eigenvalue weighted by Gasteiger charge is -2.37. The second kappa shape index (κ2) is 10.3. The van der Waals surface area contributed by atoms with Crippen LogP contribution in [0.5, 0.6) is 0 Å². The predicted octanol–water partition coefficient (Wildman–Crippen LogP) is 5.10. The fourth-order valence-corrected chi connectivity index (χ4v) is 4.16. The van der Waals surface area contributed by atoms with E-state index in [0.717, 1.165) is 55.6 Å². The summed E-state index contributed by atoms with van der Waals surface area (Å²) < 4.78 is 52.9. The minimum atomic E-state index is -4.60. The van der Waals surface area contributed by atoms with E-state index >= 15 is 0 Å². The molecule has 4 nitrogen and oxygen atoms in total. The molecule has 0 radical (unpaired) electrons. The molecule has 0 unspecified atom stereocenters. The minimum absolute atomic E-state index is 0.122. The van der Waals surface area contributed by atoms with Crippen molar-refractivity contribution in [3.05, 3.63) is 101 Å². The highest BCUT2D eigenvalue weighted by molar-refractivity contribution is 5.95. The first-order valence-corrected chi connectivity index (χ1v) is 11.1. The van der Waals surface area contributed by atoms with E-state index in [0.29, 0.717) is 0 Å². The maximum absolute atomic E-state index is 13.3. The van der Waals surface area contributed by atoms with Crippen LogP contribution < -0.4 is 10.2 Å². The number of anilines is 1. The number of piperazine rings is 1. The molecular formula is C26H25F4N3O. The van der Waals surface area contributed by atoms with Crippen LogP contribution in [0.1, 0.15) is 27.0 Å². The standard InChI is InChI=1S/C26H25F4N3O/c27-21-11-9-19(10-12-21)18-32-13-15-33(16-14-32)24-8-4-1-5-20(24)17-31-25(34)22-6-2-3-7-23(22)26(28,29)30/h1-12H,13-18H2,(H,31,34). The first kappa shape index (κ1) is 23.8. The lowest BCUT2D eigenvalue weighted by Crippen LogP contribution is -2.46. The van der Waals surface area contributed by atoms with Gasteiger partial charge in [0.1, 0.15) is 5.82 Å². The molecule has 4 rings (SSSR count). The normalized spacial score (nSPS) is 14.8. The Morgan fingerprint density at radius 1 is 0.853 bits per heavy atom. The minimum Gasteiger partial charge on any atom is -0.369 e. The molecule has 0 bridgehead atoms. The zero-order valence-corrected chi connectivity index (χ0v) is 18.5. The fraction of sp³-hybridized carbons (Fsp3) is 0.269. The number of halogens is 4. The van der Waals surface area contributed by atoms with Gasteiger partial charge < -0.3 is 10.2 Å². The van der Waals surface area contributed by atoms with Gasteiger partial charge in [-0.15, -0.1) is 0 Å². The van der Waals surface area contributed by atoms with Crippen molar-refractivity contribution in [2.45, 2.75) is 19.3 Å². The number of nitrogens with zero attached hydrogens (tertiary/aromatic N) is 2. The molecule has 3 aromatic carbocycles. The van der Waals surface area contributed by atoms with Crippen LogP contribution >= 0.6 is 0 Å². The number of hydrogen-bond donors (Lipinski definition) is 1. The summed E-state index contributed by atoms with van der Waals surface area (Å²) in [6.07, 6.45) is -4.60. The highest BCUT2D eigenvalue weighted by Crippen LogP contribution is 2.32. The molecule has 34 heavy (non-hydrogen) atoms. The van der Waals surface area contributed by atoms with E-state index in [1.54, 1.807) is 12.1 Å². The Bertz CT molecular complexity index is 1120. The zero-order chi connectivity index (χ0) is 24.1. The van der Waals surface area contributed by atoms with Gasteiger partial charge in [0.15, 0.2) is 0 Å². The van der Waals surface area contributed by atoms with Crippen LogP contribution in [0.25, 0.3) is 0 Å². The van der Waals surface area contributed by atoms with Gasteiger partial charge in [-0.1, -0.05) is 42.5 Å². The second-order valence-corrected chi connectivity index (χ2v) is 8.24. The molecule has 1 aliphatic heterocycles. The Labute approximate surface area is 195 Å². The van der Waals surface area contributed by atoms with Crippen molar-refractivity contribution in [2.24, 2.45) is 0 Å². The second-order valence-electron chi connectivity index (χ2n) is 8.24. The molecule has 1 fully saturated rings. The summed E-state index contributed by atoms with van der Waals surface area (Å²) in [4.78, 5) is 17.1. The third kappa shape index (κ3) is 5.75. The summed E-state index contributed by atoms with van der Waals surface area (Å²) in [7, 11) is 0. The molecule has 178 valence electrons. The van der Waals surface area contributed by atoms with Crippen LogP contribution in [0.15, 0.2) is 72.8 Å². The molecule has 0 aromatic heterocycles. The molecule has 0 aliphatic carbocycles. The van der Waals surface area contributed by atoms with Gasteiger partial charge in [-0.2, -0.15) is 13.2 Å². The van der Waals surface area contributed by atoms with Gasteiger partial charge in [-0.05, 0) is 41.5 Å². The topological polar surface area (TPSA) is 35.6 Å². The molecule has 1 saturated heterocycles. The van der Waals surface area contributed by atoms with Crippen LogP contribution in [0.3, 0.4) is 0 Å². The highest BCUT2D eigenvalue weighted by Gasteiger charge is 2.34. The van der Waals surface area contributed by atoms with E-state index in [1.165, 1.54) is 30.3 Å². The first-order valence-electron chi connectivity index (χ1n) is 11.1. The summed E-state index contributed by atoms with van der Waals surface area (Å²) in [5, 5.41) is 2.65. The summed E-state index contributed by atoms with van der Waals surface area (Å²) in [5.41, 5.74) is 1.51. The largest absolute Gasteiger partial charge is 0.417 e. The van der Waals surface area contributed by atoms with Gasteiger partial charge in [-0.3, -0.25) is 9.69 Å². The SMILES string of the molecule is O=C(NCc1ccccc1N1CCN(Cc2ccc(F)cc2)CC1)c1ccccc1C(F)(F)F. The van der Waals surface area contributed by atoms with Crippen molar-refractivity contribution < 1.29 is 22.4 Å². The molecule has 0 spiro atoms. The third-order valence-electron chi connectivity index (χ3n) is 5.94. The van der Waals surface area contributed by atoms with Crippen molar-refractivity contribution in [1.82, 2.24) is 10.2 Å². The van der Waals surface area contributed by atoms with Crippen LogP contribution in [-0.4, -0.2) is 37.0 Å². The molecular weight excluding hydrogens is 446 g/mol. The lowest BCUT2D eigenvalue weighted by atomic mass is 10.1. The van der Waals surface area contributed by atoms with Gasteiger partial charge in [0.05, 0.1) is 11.1 Å².